The summed E-state index contributed by atoms with van der Waals surface area (Å²) in [5.74, 6) is -2.17. The predicted octanol–water partition coefficient (Wildman–Crippen LogP) is -1.30. The zero-order valence-corrected chi connectivity index (χ0v) is 17.9. The van der Waals surface area contributed by atoms with E-state index in [-0.39, 0.29) is 31.0 Å². The molecular formula is C22H26N5O6+. The summed E-state index contributed by atoms with van der Waals surface area (Å²) in [4.78, 5) is 63.0. The van der Waals surface area contributed by atoms with Crippen molar-refractivity contribution >= 4 is 35.6 Å². The van der Waals surface area contributed by atoms with Crippen LogP contribution >= 0.6 is 0 Å². The van der Waals surface area contributed by atoms with Gasteiger partial charge in [0.05, 0.1) is 12.0 Å². The molecule has 4 rings (SSSR count). The van der Waals surface area contributed by atoms with Crippen molar-refractivity contribution in [2.24, 2.45) is 5.73 Å². The molecule has 11 nitrogen and oxygen atoms in total. The smallest absolute Gasteiger partial charge is 0.264 e. The third-order valence-electron chi connectivity index (χ3n) is 6.37. The second-order valence-electron chi connectivity index (χ2n) is 8.53. The number of nitrogens with zero attached hydrogens (tertiary/aromatic N) is 2. The van der Waals surface area contributed by atoms with Crippen molar-refractivity contribution < 1.29 is 33.9 Å². The topological polar surface area (TPSA) is 162 Å². The van der Waals surface area contributed by atoms with Crippen molar-refractivity contribution in [2.75, 3.05) is 6.54 Å². The first kappa shape index (κ1) is 22.4. The van der Waals surface area contributed by atoms with Crippen LogP contribution in [0.1, 0.15) is 48.0 Å². The maximum absolute atomic E-state index is 13.3. The molecule has 3 aliphatic heterocycles. The van der Waals surface area contributed by atoms with Gasteiger partial charge in [-0.05, 0) is 30.1 Å². The number of hydroxylamine groups is 1. The fourth-order valence-corrected chi connectivity index (χ4v) is 4.53. The number of hydrogen-bond acceptors (Lipinski definition) is 6. The van der Waals surface area contributed by atoms with Gasteiger partial charge in [-0.15, -0.1) is 0 Å². The second-order valence-corrected chi connectivity index (χ2v) is 8.53. The molecule has 3 aliphatic rings. The fraction of sp³-hybridized carbons (Fsp3) is 0.455. The Morgan fingerprint density at radius 1 is 1.27 bits per heavy atom. The van der Waals surface area contributed by atoms with E-state index in [4.69, 9.17) is 5.73 Å². The maximum atomic E-state index is 13.3. The van der Waals surface area contributed by atoms with E-state index >= 15 is 0 Å². The summed E-state index contributed by atoms with van der Waals surface area (Å²) in [6.07, 6.45) is 2.63. The third kappa shape index (κ3) is 4.43. The molecule has 11 heteroatoms. The molecule has 0 bridgehead atoms. The molecule has 174 valence electrons. The first-order chi connectivity index (χ1) is 15.8. The van der Waals surface area contributed by atoms with Crippen molar-refractivity contribution in [3.63, 3.8) is 0 Å². The molecule has 4 atom stereocenters. The standard InChI is InChI=1S/C22H25N5O6/c23-20(30)17-6-3-9-26(17)22(32)14(25-21(31)15-10-18(28)24-15)7-8-16-19(29)13-5-2-1-4-12(13)11-27(16)33/h1-2,4-5,11,14-17H,3,6-10H2,(H4-,23,24,25,28,29,30,31,33)/p+1/t14-,15-,16?,17-/m0/s1. The number of β-lactam (4-membered cyclic amide) rings is 1. The summed E-state index contributed by atoms with van der Waals surface area (Å²) in [5, 5.41) is 15.5. The summed E-state index contributed by atoms with van der Waals surface area (Å²) < 4.78 is 0.822. The third-order valence-corrected chi connectivity index (χ3v) is 6.37. The summed E-state index contributed by atoms with van der Waals surface area (Å²) in [7, 11) is 0. The average Bonchev–Trinajstić information content (AvgIpc) is 3.25. The lowest BCUT2D eigenvalue weighted by atomic mass is 9.92. The Morgan fingerprint density at radius 2 is 2.00 bits per heavy atom. The van der Waals surface area contributed by atoms with Crippen LogP contribution in [0, 0.1) is 0 Å². The summed E-state index contributed by atoms with van der Waals surface area (Å²) in [5.41, 5.74) is 6.49. The van der Waals surface area contributed by atoms with E-state index in [0.717, 1.165) is 4.74 Å². The molecule has 0 spiro atoms. The number of nitrogens with two attached hydrogens (primary N) is 1. The highest BCUT2D eigenvalue weighted by molar-refractivity contribution is 6.07. The lowest BCUT2D eigenvalue weighted by Crippen LogP contribution is -2.61. The number of fused-ring (bicyclic) bond motifs is 1. The van der Waals surface area contributed by atoms with Crippen LogP contribution in [0.15, 0.2) is 24.3 Å². The van der Waals surface area contributed by atoms with E-state index in [1.807, 2.05) is 0 Å². The molecule has 2 saturated heterocycles. The monoisotopic (exact) mass is 456 g/mol. The van der Waals surface area contributed by atoms with Gasteiger partial charge in [-0.3, -0.25) is 29.2 Å². The van der Waals surface area contributed by atoms with Gasteiger partial charge < -0.3 is 21.3 Å². The molecule has 0 aliphatic carbocycles. The highest BCUT2D eigenvalue weighted by atomic mass is 16.5. The van der Waals surface area contributed by atoms with Crippen LogP contribution in [0.3, 0.4) is 0 Å². The number of carbonyl (C=O) groups excluding carboxylic acids is 5. The van der Waals surface area contributed by atoms with E-state index < -0.39 is 41.9 Å². The van der Waals surface area contributed by atoms with Gasteiger partial charge in [-0.25, -0.2) is 0 Å². The Bertz CT molecular complexity index is 1050. The Labute approximate surface area is 189 Å². The Hall–Kier alpha value is -3.76. The van der Waals surface area contributed by atoms with Crippen LogP contribution in [-0.4, -0.2) is 81.2 Å². The minimum absolute atomic E-state index is 0.0254. The molecule has 0 aromatic heterocycles. The van der Waals surface area contributed by atoms with Crippen molar-refractivity contribution in [1.29, 1.82) is 0 Å². The second kappa shape index (κ2) is 9.00. The van der Waals surface area contributed by atoms with Crippen molar-refractivity contribution in [1.82, 2.24) is 15.5 Å². The molecule has 0 radical (unpaired) electrons. The number of rotatable bonds is 7. The highest BCUT2D eigenvalue weighted by Crippen LogP contribution is 2.22. The van der Waals surface area contributed by atoms with Crippen LogP contribution in [0.25, 0.3) is 0 Å². The van der Waals surface area contributed by atoms with Crippen molar-refractivity contribution in [2.45, 2.75) is 56.3 Å². The molecule has 5 N–H and O–H groups in total. The SMILES string of the molecule is NC(=O)[C@@H]1CCCN1C(=O)[C@H](CCC1C(=O)c2ccccc2C=[N+]1O)NC(=O)[C@@H]1CC(=O)N1. The number of ketones is 1. The first-order valence-electron chi connectivity index (χ1n) is 10.9. The van der Waals surface area contributed by atoms with Gasteiger partial charge >= 0.3 is 0 Å². The lowest BCUT2D eigenvalue weighted by Gasteiger charge is -2.31. The molecule has 33 heavy (non-hydrogen) atoms. The van der Waals surface area contributed by atoms with E-state index in [9.17, 15) is 29.2 Å². The zero-order valence-electron chi connectivity index (χ0n) is 17.9. The number of benzene rings is 1. The number of amides is 4. The molecule has 3 heterocycles. The summed E-state index contributed by atoms with van der Waals surface area (Å²) in [6.45, 7) is 0.328. The summed E-state index contributed by atoms with van der Waals surface area (Å²) in [6, 6.07) is 3.39. The Balaban J connectivity index is 1.50. The first-order valence-corrected chi connectivity index (χ1v) is 10.9. The van der Waals surface area contributed by atoms with E-state index in [2.05, 4.69) is 10.6 Å². The zero-order chi connectivity index (χ0) is 23.7. The fourth-order valence-electron chi connectivity index (χ4n) is 4.53. The number of likely N-dealkylation sites (tertiary alicyclic amines) is 1. The van der Waals surface area contributed by atoms with E-state index in [1.54, 1.807) is 24.3 Å². The van der Waals surface area contributed by atoms with Crippen LogP contribution in [0.2, 0.25) is 0 Å². The number of hydrogen-bond donors (Lipinski definition) is 4. The molecule has 2 fully saturated rings. The van der Waals surface area contributed by atoms with Crippen LogP contribution < -0.4 is 16.4 Å². The predicted molar refractivity (Wildman–Crippen MR) is 113 cm³/mol. The van der Waals surface area contributed by atoms with Gasteiger partial charge in [0.2, 0.25) is 35.6 Å². The van der Waals surface area contributed by atoms with Crippen molar-refractivity contribution in [3.05, 3.63) is 35.4 Å². The van der Waals surface area contributed by atoms with Crippen LogP contribution in [0.4, 0.5) is 0 Å². The van der Waals surface area contributed by atoms with Gasteiger partial charge in [0.15, 0.2) is 0 Å². The van der Waals surface area contributed by atoms with Gasteiger partial charge in [-0.2, -0.15) is 0 Å². The molecule has 1 aromatic carbocycles. The quantitative estimate of drug-likeness (QED) is 0.227. The Kier molecular flexibility index (Phi) is 6.12. The molecular weight excluding hydrogens is 430 g/mol. The van der Waals surface area contributed by atoms with E-state index in [0.29, 0.717) is 30.5 Å². The van der Waals surface area contributed by atoms with E-state index in [1.165, 1.54) is 11.1 Å². The molecule has 1 unspecified atom stereocenters. The van der Waals surface area contributed by atoms with Crippen LogP contribution in [0.5, 0.6) is 0 Å². The number of nitrogens with one attached hydrogen (secondary N) is 2. The largest absolute Gasteiger partial charge is 0.368 e. The van der Waals surface area contributed by atoms with Gasteiger partial charge in [0.1, 0.15) is 18.1 Å². The minimum Gasteiger partial charge on any atom is -0.368 e. The Morgan fingerprint density at radius 3 is 2.70 bits per heavy atom. The van der Waals surface area contributed by atoms with Crippen molar-refractivity contribution in [3.8, 4) is 0 Å². The van der Waals surface area contributed by atoms with Gasteiger partial charge in [0, 0.05) is 18.5 Å². The number of Topliss-reactive ketones (excluding diaryl/α,β-unsaturated/α-hetero) is 1. The lowest BCUT2D eigenvalue weighted by molar-refractivity contribution is -0.786. The summed E-state index contributed by atoms with van der Waals surface area (Å²) >= 11 is 0. The van der Waals surface area contributed by atoms with Gasteiger partial charge in [0.25, 0.3) is 6.04 Å². The normalized spacial score (nSPS) is 24.8. The number of carbonyl (C=O) groups is 5. The maximum Gasteiger partial charge on any atom is 0.264 e. The van der Waals surface area contributed by atoms with Crippen LogP contribution in [-0.2, 0) is 19.2 Å². The average molecular weight is 456 g/mol. The van der Waals surface area contributed by atoms with Gasteiger partial charge in [-0.1, -0.05) is 18.2 Å². The molecule has 0 saturated carbocycles. The molecule has 1 aromatic rings. The number of primary amides is 1. The highest BCUT2D eigenvalue weighted by Gasteiger charge is 2.42. The molecule has 4 amide bonds. The minimum atomic E-state index is -1.05.